The van der Waals surface area contributed by atoms with Crippen LogP contribution in [0.1, 0.15) is 52.2 Å². The smallest absolute Gasteiger partial charge is 0.252 e. The third-order valence-electron chi connectivity index (χ3n) is 5.80. The van der Waals surface area contributed by atoms with Crippen LogP contribution in [0.3, 0.4) is 0 Å². The van der Waals surface area contributed by atoms with E-state index in [-0.39, 0.29) is 18.1 Å². The zero-order valence-corrected chi connectivity index (χ0v) is 19.2. The van der Waals surface area contributed by atoms with Gasteiger partial charge in [-0.05, 0) is 93.7 Å². The van der Waals surface area contributed by atoms with Crippen molar-refractivity contribution in [3.63, 3.8) is 0 Å². The SMILES string of the molecule is Cc1ccc(-c2cccc(C(C)NC(=O)c3cc(OC4CCNCC4)ccc3C)c2)s1. The fraction of sp³-hybridized carbons (Fsp3) is 0.346. The van der Waals surface area contributed by atoms with Crippen molar-refractivity contribution in [3.05, 3.63) is 76.2 Å². The number of carbonyl (C=O) groups excluding carboxylic acids is 1. The van der Waals surface area contributed by atoms with Crippen LogP contribution >= 0.6 is 11.3 Å². The quantitative estimate of drug-likeness (QED) is 0.527. The van der Waals surface area contributed by atoms with E-state index in [1.54, 1.807) is 11.3 Å². The van der Waals surface area contributed by atoms with E-state index in [2.05, 4.69) is 54.0 Å². The molecule has 1 saturated heterocycles. The Kier molecular flexibility index (Phi) is 6.73. The van der Waals surface area contributed by atoms with E-state index in [0.717, 1.165) is 42.8 Å². The van der Waals surface area contributed by atoms with Crippen LogP contribution in [-0.2, 0) is 0 Å². The van der Waals surface area contributed by atoms with Gasteiger partial charge in [-0.1, -0.05) is 24.3 Å². The minimum atomic E-state index is -0.0955. The lowest BCUT2D eigenvalue weighted by Gasteiger charge is -2.24. The summed E-state index contributed by atoms with van der Waals surface area (Å²) >= 11 is 1.78. The molecule has 1 unspecified atom stereocenters. The maximum atomic E-state index is 13.1. The molecule has 0 aliphatic carbocycles. The zero-order valence-electron chi connectivity index (χ0n) is 18.4. The van der Waals surface area contributed by atoms with Gasteiger partial charge in [0.15, 0.2) is 0 Å². The highest BCUT2D eigenvalue weighted by atomic mass is 32.1. The van der Waals surface area contributed by atoms with Crippen LogP contribution in [0, 0.1) is 13.8 Å². The molecule has 1 fully saturated rings. The number of amides is 1. The molecule has 0 radical (unpaired) electrons. The van der Waals surface area contributed by atoms with Gasteiger partial charge in [0.05, 0.1) is 6.04 Å². The molecule has 1 aliphatic heterocycles. The van der Waals surface area contributed by atoms with Crippen LogP contribution in [0.2, 0.25) is 0 Å². The second-order valence-electron chi connectivity index (χ2n) is 8.27. The lowest BCUT2D eigenvalue weighted by Crippen LogP contribution is -2.34. The van der Waals surface area contributed by atoms with Gasteiger partial charge in [-0.3, -0.25) is 4.79 Å². The number of thiophene rings is 1. The van der Waals surface area contributed by atoms with Gasteiger partial charge >= 0.3 is 0 Å². The Morgan fingerprint density at radius 2 is 1.90 bits per heavy atom. The number of hydrogen-bond acceptors (Lipinski definition) is 4. The summed E-state index contributed by atoms with van der Waals surface area (Å²) in [4.78, 5) is 15.6. The summed E-state index contributed by atoms with van der Waals surface area (Å²) < 4.78 is 6.14. The van der Waals surface area contributed by atoms with Crippen LogP contribution in [0.25, 0.3) is 10.4 Å². The summed E-state index contributed by atoms with van der Waals surface area (Å²) in [5.74, 6) is 0.698. The normalized spacial score (nSPS) is 15.5. The van der Waals surface area contributed by atoms with E-state index < -0.39 is 0 Å². The number of hydrogen-bond donors (Lipinski definition) is 2. The van der Waals surface area contributed by atoms with Gasteiger partial charge in [0.1, 0.15) is 11.9 Å². The molecule has 3 aromatic rings. The average Bonchev–Trinajstić information content (AvgIpc) is 3.22. The highest BCUT2D eigenvalue weighted by molar-refractivity contribution is 7.15. The second-order valence-corrected chi connectivity index (χ2v) is 9.56. The van der Waals surface area contributed by atoms with E-state index in [1.807, 2.05) is 32.0 Å². The molecule has 2 aromatic carbocycles. The van der Waals surface area contributed by atoms with Gasteiger partial charge in [-0.2, -0.15) is 0 Å². The van der Waals surface area contributed by atoms with Gasteiger partial charge in [0.2, 0.25) is 0 Å². The molecule has 162 valence electrons. The zero-order chi connectivity index (χ0) is 21.8. The predicted octanol–water partition coefficient (Wildman–Crippen LogP) is 5.65. The van der Waals surface area contributed by atoms with E-state index in [4.69, 9.17) is 4.74 Å². The van der Waals surface area contributed by atoms with Crippen molar-refractivity contribution in [2.75, 3.05) is 13.1 Å². The minimum absolute atomic E-state index is 0.0712. The lowest BCUT2D eigenvalue weighted by atomic mass is 10.0. The minimum Gasteiger partial charge on any atom is -0.490 e. The molecule has 0 bridgehead atoms. The molecule has 4 rings (SSSR count). The number of aryl methyl sites for hydroxylation is 2. The van der Waals surface area contributed by atoms with Crippen LogP contribution in [-0.4, -0.2) is 25.1 Å². The summed E-state index contributed by atoms with van der Waals surface area (Å²) in [7, 11) is 0. The molecule has 4 nitrogen and oxygen atoms in total. The first kappa shape index (κ1) is 21.6. The van der Waals surface area contributed by atoms with Crippen molar-refractivity contribution < 1.29 is 9.53 Å². The summed E-state index contributed by atoms with van der Waals surface area (Å²) in [6.07, 6.45) is 2.20. The van der Waals surface area contributed by atoms with Crippen molar-refractivity contribution in [1.29, 1.82) is 0 Å². The predicted molar refractivity (Wildman–Crippen MR) is 128 cm³/mol. The number of carbonyl (C=O) groups is 1. The monoisotopic (exact) mass is 434 g/mol. The van der Waals surface area contributed by atoms with Crippen molar-refractivity contribution in [3.8, 4) is 16.2 Å². The van der Waals surface area contributed by atoms with Crippen molar-refractivity contribution in [1.82, 2.24) is 10.6 Å². The summed E-state index contributed by atoms with van der Waals surface area (Å²) in [6.45, 7) is 8.07. The molecule has 2 heterocycles. The van der Waals surface area contributed by atoms with Crippen molar-refractivity contribution in [2.45, 2.75) is 45.8 Å². The van der Waals surface area contributed by atoms with Crippen molar-refractivity contribution >= 4 is 17.2 Å². The number of rotatable bonds is 6. The molecule has 1 atom stereocenters. The van der Waals surface area contributed by atoms with Gasteiger partial charge in [-0.25, -0.2) is 0 Å². The largest absolute Gasteiger partial charge is 0.490 e. The summed E-state index contributed by atoms with van der Waals surface area (Å²) in [5, 5.41) is 6.52. The third-order valence-corrected chi connectivity index (χ3v) is 6.85. The molecular weight excluding hydrogens is 404 g/mol. The van der Waals surface area contributed by atoms with Gasteiger partial charge in [0.25, 0.3) is 5.91 Å². The number of nitrogens with one attached hydrogen (secondary N) is 2. The third kappa shape index (κ3) is 5.35. The number of benzene rings is 2. The van der Waals surface area contributed by atoms with Crippen LogP contribution < -0.4 is 15.4 Å². The maximum Gasteiger partial charge on any atom is 0.252 e. The average molecular weight is 435 g/mol. The van der Waals surface area contributed by atoms with Gasteiger partial charge in [0, 0.05) is 15.3 Å². The molecule has 2 N–H and O–H groups in total. The van der Waals surface area contributed by atoms with Gasteiger partial charge in [-0.15, -0.1) is 11.3 Å². The Hall–Kier alpha value is -2.63. The molecule has 1 aromatic heterocycles. The Morgan fingerprint density at radius 1 is 1.10 bits per heavy atom. The Bertz CT molecular complexity index is 1050. The second kappa shape index (κ2) is 9.67. The summed E-state index contributed by atoms with van der Waals surface area (Å²) in [6, 6.07) is 18.4. The van der Waals surface area contributed by atoms with E-state index >= 15 is 0 Å². The molecule has 1 aliphatic rings. The molecule has 1 amide bonds. The van der Waals surface area contributed by atoms with E-state index in [9.17, 15) is 4.79 Å². The summed E-state index contributed by atoms with van der Waals surface area (Å²) in [5.41, 5.74) is 3.90. The Labute approximate surface area is 188 Å². The molecule has 5 heteroatoms. The first-order chi connectivity index (χ1) is 15.0. The first-order valence-electron chi connectivity index (χ1n) is 11.0. The Morgan fingerprint density at radius 3 is 2.65 bits per heavy atom. The highest BCUT2D eigenvalue weighted by Gasteiger charge is 2.18. The molecule has 0 spiro atoms. The maximum absolute atomic E-state index is 13.1. The van der Waals surface area contributed by atoms with Crippen LogP contribution in [0.15, 0.2) is 54.6 Å². The fourth-order valence-corrected chi connectivity index (χ4v) is 4.80. The number of ether oxygens (including phenoxy) is 1. The number of piperidine rings is 1. The molecule has 0 saturated carbocycles. The molecular formula is C26H30N2O2S. The highest BCUT2D eigenvalue weighted by Crippen LogP contribution is 2.29. The van der Waals surface area contributed by atoms with Gasteiger partial charge < -0.3 is 15.4 Å². The lowest BCUT2D eigenvalue weighted by molar-refractivity contribution is 0.0938. The topological polar surface area (TPSA) is 50.4 Å². The fourth-order valence-electron chi connectivity index (χ4n) is 3.93. The van der Waals surface area contributed by atoms with E-state index in [0.29, 0.717) is 5.56 Å². The Balaban J connectivity index is 1.47. The molecule has 31 heavy (non-hydrogen) atoms. The van der Waals surface area contributed by atoms with Crippen molar-refractivity contribution in [2.24, 2.45) is 0 Å². The van der Waals surface area contributed by atoms with Crippen LogP contribution in [0.5, 0.6) is 5.75 Å². The van der Waals surface area contributed by atoms with E-state index in [1.165, 1.54) is 15.3 Å². The first-order valence-corrected chi connectivity index (χ1v) is 11.8. The van der Waals surface area contributed by atoms with Crippen LogP contribution in [0.4, 0.5) is 0 Å². The standard InChI is InChI=1S/C26H30N2O2S/c1-17-7-9-23(30-22-11-13-27-14-12-22)16-24(17)26(29)28-19(3)20-5-4-6-21(15-20)25-10-8-18(2)31-25/h4-10,15-16,19,22,27H,11-14H2,1-3H3,(H,28,29).